The van der Waals surface area contributed by atoms with E-state index in [1.807, 2.05) is 6.92 Å². The standard InChI is InChI=1S/C34H35F3N4O3S/c1-2-24-28(36)9-4-19-12-23(42)13-27(29(19)24)25-7-8-26-31(30(25)37)38-33(44-18-34-10-3-11-40(34)15-20(35)14-34)39-32(26)41-21-5-6-22(41)17-45(43)16-21/h4,7-9,12-13,20-22,42H,2-3,5-6,10-11,14-18H2,1H3/t20-,21?,22?,34+,45?/m1/s1. The van der Waals surface area contributed by atoms with E-state index in [0.29, 0.717) is 64.0 Å². The Kier molecular flexibility index (Phi) is 6.98. The van der Waals surface area contributed by atoms with Crippen LogP contribution in [0.25, 0.3) is 32.8 Å². The summed E-state index contributed by atoms with van der Waals surface area (Å²) in [6, 6.07) is 9.43. The number of rotatable bonds is 6. The van der Waals surface area contributed by atoms with E-state index < -0.39 is 28.3 Å². The summed E-state index contributed by atoms with van der Waals surface area (Å²) in [6.07, 6.45) is 3.37. The minimum atomic E-state index is -0.924. The maximum atomic E-state index is 16.9. The van der Waals surface area contributed by atoms with Gasteiger partial charge in [0.1, 0.15) is 35.7 Å². The highest BCUT2D eigenvalue weighted by Crippen LogP contribution is 2.44. The van der Waals surface area contributed by atoms with Crippen molar-refractivity contribution in [3.8, 4) is 22.9 Å². The van der Waals surface area contributed by atoms with Gasteiger partial charge in [-0.3, -0.25) is 9.11 Å². The van der Waals surface area contributed by atoms with Crippen LogP contribution >= 0.6 is 0 Å². The van der Waals surface area contributed by atoms with E-state index >= 15 is 4.39 Å². The number of nitrogens with zero attached hydrogens (tertiary/aromatic N) is 4. The van der Waals surface area contributed by atoms with E-state index in [9.17, 15) is 18.1 Å². The molecule has 4 atom stereocenters. The van der Waals surface area contributed by atoms with Crippen LogP contribution in [0.3, 0.4) is 0 Å². The van der Waals surface area contributed by atoms with Crippen LogP contribution in [-0.2, 0) is 17.2 Å². The summed E-state index contributed by atoms with van der Waals surface area (Å²) >= 11 is 0. The van der Waals surface area contributed by atoms with Gasteiger partial charge < -0.3 is 14.7 Å². The monoisotopic (exact) mass is 636 g/mol. The number of phenols is 1. The Morgan fingerprint density at radius 3 is 2.67 bits per heavy atom. The SMILES string of the molecule is CCc1c(F)ccc2cc(O)cc(-c3ccc4c(N5C6CCC5CS(=O)C6)nc(OC[C@@]56CCCN5C[C@H](F)C6)nc4c3F)c12. The minimum absolute atomic E-state index is 0.00872. The van der Waals surface area contributed by atoms with Crippen LogP contribution in [-0.4, -0.2) is 79.2 Å². The van der Waals surface area contributed by atoms with Crippen LogP contribution in [0.1, 0.15) is 44.6 Å². The Morgan fingerprint density at radius 1 is 1.09 bits per heavy atom. The Hall–Kier alpha value is -3.44. The molecule has 11 heteroatoms. The first-order valence-electron chi connectivity index (χ1n) is 15.8. The van der Waals surface area contributed by atoms with Crippen molar-refractivity contribution in [2.75, 3.05) is 36.1 Å². The van der Waals surface area contributed by atoms with Crippen molar-refractivity contribution in [1.82, 2.24) is 14.9 Å². The molecule has 0 aliphatic carbocycles. The average Bonchev–Trinajstić information content (AvgIpc) is 3.63. The zero-order valence-corrected chi connectivity index (χ0v) is 25.9. The first-order valence-corrected chi connectivity index (χ1v) is 17.3. The summed E-state index contributed by atoms with van der Waals surface area (Å²) in [6.45, 7) is 3.25. The van der Waals surface area contributed by atoms with Gasteiger partial charge >= 0.3 is 6.01 Å². The number of halogens is 3. The number of aromatic hydroxyl groups is 1. The lowest BCUT2D eigenvalue weighted by Gasteiger charge is -2.36. The zero-order valence-electron chi connectivity index (χ0n) is 25.1. The van der Waals surface area contributed by atoms with Crippen molar-refractivity contribution in [2.24, 2.45) is 0 Å². The van der Waals surface area contributed by atoms with Crippen LogP contribution in [0.5, 0.6) is 11.8 Å². The summed E-state index contributed by atoms with van der Waals surface area (Å²) < 4.78 is 65.2. The maximum absolute atomic E-state index is 16.9. The molecule has 236 valence electrons. The highest BCUT2D eigenvalue weighted by atomic mass is 32.2. The van der Waals surface area contributed by atoms with Crippen molar-refractivity contribution in [1.29, 1.82) is 0 Å². The molecule has 8 rings (SSSR count). The van der Waals surface area contributed by atoms with E-state index in [1.54, 1.807) is 24.3 Å². The lowest BCUT2D eigenvalue weighted by Crippen LogP contribution is -2.47. The van der Waals surface area contributed by atoms with Gasteiger partial charge in [0.25, 0.3) is 0 Å². The molecular weight excluding hydrogens is 601 g/mol. The highest BCUT2D eigenvalue weighted by molar-refractivity contribution is 7.85. The Bertz CT molecular complexity index is 1860. The first kappa shape index (κ1) is 29.0. The maximum Gasteiger partial charge on any atom is 0.319 e. The molecule has 2 bridgehead atoms. The molecule has 0 spiro atoms. The second-order valence-electron chi connectivity index (χ2n) is 13.1. The summed E-state index contributed by atoms with van der Waals surface area (Å²) in [5.74, 6) is 0.516. The molecule has 4 aliphatic heterocycles. The predicted molar refractivity (Wildman–Crippen MR) is 169 cm³/mol. The van der Waals surface area contributed by atoms with E-state index in [0.717, 1.165) is 32.2 Å². The largest absolute Gasteiger partial charge is 0.508 e. The Balaban J connectivity index is 1.29. The fourth-order valence-corrected chi connectivity index (χ4v) is 10.1. The second-order valence-corrected chi connectivity index (χ2v) is 14.6. The fraction of sp³-hybridized carbons (Fsp3) is 0.471. The number of ether oxygens (including phenoxy) is 1. The number of aromatic nitrogens is 2. The number of hydrogen-bond acceptors (Lipinski definition) is 7. The van der Waals surface area contributed by atoms with Gasteiger partial charge in [0.15, 0.2) is 5.82 Å². The number of phenolic OH excluding ortho intramolecular Hbond substituents is 1. The highest BCUT2D eigenvalue weighted by Gasteiger charge is 2.49. The molecule has 1 aromatic heterocycles. The normalized spacial score (nSPS) is 28.0. The first-order chi connectivity index (χ1) is 21.7. The summed E-state index contributed by atoms with van der Waals surface area (Å²) in [7, 11) is -0.924. The molecule has 4 saturated heterocycles. The van der Waals surface area contributed by atoms with Gasteiger partial charge in [-0.1, -0.05) is 19.1 Å². The van der Waals surface area contributed by atoms with Gasteiger partial charge in [-0.15, -0.1) is 0 Å². The van der Waals surface area contributed by atoms with E-state index in [4.69, 9.17) is 9.72 Å². The van der Waals surface area contributed by atoms with Crippen LogP contribution < -0.4 is 9.64 Å². The molecule has 45 heavy (non-hydrogen) atoms. The van der Waals surface area contributed by atoms with Gasteiger partial charge in [-0.25, -0.2) is 13.2 Å². The zero-order chi connectivity index (χ0) is 31.0. The number of hydrogen-bond donors (Lipinski definition) is 1. The average molecular weight is 637 g/mol. The van der Waals surface area contributed by atoms with Gasteiger partial charge in [0, 0.05) is 58.3 Å². The lowest BCUT2D eigenvalue weighted by atomic mass is 9.92. The second kappa shape index (κ2) is 10.8. The molecule has 1 N–H and O–H groups in total. The van der Waals surface area contributed by atoms with Crippen LogP contribution in [0.15, 0.2) is 36.4 Å². The van der Waals surface area contributed by atoms with E-state index in [2.05, 4.69) is 14.8 Å². The summed E-state index contributed by atoms with van der Waals surface area (Å²) in [5.41, 5.74) is 0.617. The molecule has 5 heterocycles. The van der Waals surface area contributed by atoms with Crippen molar-refractivity contribution in [2.45, 2.75) is 69.2 Å². The van der Waals surface area contributed by atoms with Gasteiger partial charge in [0.05, 0.1) is 5.54 Å². The van der Waals surface area contributed by atoms with Gasteiger partial charge in [-0.05, 0) is 84.8 Å². The quantitative estimate of drug-likeness (QED) is 0.276. The van der Waals surface area contributed by atoms with E-state index in [1.165, 1.54) is 12.1 Å². The van der Waals surface area contributed by atoms with Gasteiger partial charge in [-0.2, -0.15) is 9.97 Å². The van der Waals surface area contributed by atoms with Crippen molar-refractivity contribution in [3.05, 3.63) is 53.6 Å². The molecule has 4 aromatic rings. The van der Waals surface area contributed by atoms with Crippen LogP contribution in [0, 0.1) is 11.6 Å². The van der Waals surface area contributed by atoms with Crippen LogP contribution in [0.4, 0.5) is 19.0 Å². The van der Waals surface area contributed by atoms with Gasteiger partial charge in [0.2, 0.25) is 0 Å². The fourth-order valence-electron chi connectivity index (χ4n) is 8.43. The molecule has 4 fully saturated rings. The molecular formula is C34H35F3N4O3S. The summed E-state index contributed by atoms with van der Waals surface area (Å²) in [5, 5.41) is 12.2. The van der Waals surface area contributed by atoms with Crippen molar-refractivity contribution < 1.29 is 27.2 Å². The Morgan fingerprint density at radius 2 is 1.89 bits per heavy atom. The molecule has 0 radical (unpaired) electrons. The third kappa shape index (κ3) is 4.68. The van der Waals surface area contributed by atoms with E-state index in [-0.39, 0.29) is 47.3 Å². The number of aryl methyl sites for hydroxylation is 1. The van der Waals surface area contributed by atoms with Crippen molar-refractivity contribution >= 4 is 38.3 Å². The Labute approximate surface area is 261 Å². The molecule has 7 nitrogen and oxygen atoms in total. The third-order valence-corrected chi connectivity index (χ3v) is 11.9. The smallest absolute Gasteiger partial charge is 0.319 e. The van der Waals surface area contributed by atoms with Crippen molar-refractivity contribution in [3.63, 3.8) is 0 Å². The number of alkyl halides is 1. The number of anilines is 1. The summed E-state index contributed by atoms with van der Waals surface area (Å²) in [4.78, 5) is 13.8. The molecule has 2 unspecified atom stereocenters. The van der Waals surface area contributed by atoms with Crippen LogP contribution in [0.2, 0.25) is 0 Å². The lowest BCUT2D eigenvalue weighted by molar-refractivity contribution is 0.107. The number of benzene rings is 3. The molecule has 3 aromatic carbocycles. The topological polar surface area (TPSA) is 78.8 Å². The molecule has 0 amide bonds. The predicted octanol–water partition coefficient (Wildman–Crippen LogP) is 6.05. The minimum Gasteiger partial charge on any atom is -0.508 e. The number of fused-ring (bicyclic) bond motifs is 5. The molecule has 4 aliphatic rings. The third-order valence-electron chi connectivity index (χ3n) is 10.4. The molecule has 0 saturated carbocycles.